The predicted octanol–water partition coefficient (Wildman–Crippen LogP) is 1.95. The first-order chi connectivity index (χ1) is 5.70. The van der Waals surface area contributed by atoms with Gasteiger partial charge in [-0.25, -0.2) is 0 Å². The molecular formula is C10H22O2. The van der Waals surface area contributed by atoms with Gasteiger partial charge in [-0.3, -0.25) is 0 Å². The van der Waals surface area contributed by atoms with Gasteiger partial charge in [-0.05, 0) is 18.8 Å². The van der Waals surface area contributed by atoms with E-state index in [1.807, 2.05) is 0 Å². The number of hydrogen-bond acceptors (Lipinski definition) is 2. The fourth-order valence-electron chi connectivity index (χ4n) is 1.40. The Morgan fingerprint density at radius 2 is 1.92 bits per heavy atom. The zero-order valence-electron chi connectivity index (χ0n) is 8.29. The van der Waals surface area contributed by atoms with Gasteiger partial charge < -0.3 is 10.2 Å². The third-order valence-corrected chi connectivity index (χ3v) is 2.19. The van der Waals surface area contributed by atoms with E-state index in [2.05, 4.69) is 13.8 Å². The van der Waals surface area contributed by atoms with E-state index in [1.54, 1.807) is 0 Å². The van der Waals surface area contributed by atoms with Crippen LogP contribution in [0.3, 0.4) is 0 Å². The van der Waals surface area contributed by atoms with Crippen molar-refractivity contribution < 1.29 is 10.2 Å². The molecule has 0 bridgehead atoms. The zero-order chi connectivity index (χ0) is 9.40. The van der Waals surface area contributed by atoms with Crippen LogP contribution >= 0.6 is 0 Å². The molecule has 0 saturated heterocycles. The summed E-state index contributed by atoms with van der Waals surface area (Å²) < 4.78 is 0. The Morgan fingerprint density at radius 3 is 2.42 bits per heavy atom. The highest BCUT2D eigenvalue weighted by Crippen LogP contribution is 2.15. The van der Waals surface area contributed by atoms with Crippen LogP contribution in [0.25, 0.3) is 0 Å². The van der Waals surface area contributed by atoms with Crippen molar-refractivity contribution in [1.29, 1.82) is 0 Å². The highest BCUT2D eigenvalue weighted by Gasteiger charge is 2.08. The smallest absolute Gasteiger partial charge is 0.0564 e. The van der Waals surface area contributed by atoms with Crippen molar-refractivity contribution >= 4 is 0 Å². The van der Waals surface area contributed by atoms with Gasteiger partial charge in [0.15, 0.2) is 0 Å². The second-order valence-corrected chi connectivity index (χ2v) is 3.65. The molecule has 0 aliphatic heterocycles. The van der Waals surface area contributed by atoms with Gasteiger partial charge in [0.25, 0.3) is 0 Å². The van der Waals surface area contributed by atoms with Crippen LogP contribution in [0.4, 0.5) is 0 Å². The number of aliphatic hydroxyl groups is 2. The summed E-state index contributed by atoms with van der Waals surface area (Å²) in [4.78, 5) is 0. The molecule has 0 spiro atoms. The molecule has 0 aromatic heterocycles. The monoisotopic (exact) mass is 174 g/mol. The molecule has 12 heavy (non-hydrogen) atoms. The first kappa shape index (κ1) is 11.9. The molecule has 0 rings (SSSR count). The van der Waals surface area contributed by atoms with E-state index in [0.29, 0.717) is 12.3 Å². The maximum absolute atomic E-state index is 9.36. The van der Waals surface area contributed by atoms with Crippen molar-refractivity contribution in [2.75, 3.05) is 6.61 Å². The third-order valence-electron chi connectivity index (χ3n) is 2.19. The lowest BCUT2D eigenvalue weighted by Crippen LogP contribution is -2.13. The first-order valence-corrected chi connectivity index (χ1v) is 4.99. The lowest BCUT2D eigenvalue weighted by Gasteiger charge is -2.14. The van der Waals surface area contributed by atoms with Gasteiger partial charge in [0, 0.05) is 6.61 Å². The molecule has 0 aliphatic rings. The van der Waals surface area contributed by atoms with Crippen LogP contribution in [0.15, 0.2) is 0 Å². The Hall–Kier alpha value is -0.0800. The Balaban J connectivity index is 3.33. The lowest BCUT2D eigenvalue weighted by molar-refractivity contribution is 0.109. The molecule has 0 aromatic carbocycles. The molecule has 0 fully saturated rings. The quantitative estimate of drug-likeness (QED) is 0.619. The van der Waals surface area contributed by atoms with Crippen LogP contribution in [-0.4, -0.2) is 22.9 Å². The number of rotatable bonds is 7. The average molecular weight is 174 g/mol. The van der Waals surface area contributed by atoms with Crippen molar-refractivity contribution in [1.82, 2.24) is 0 Å². The minimum atomic E-state index is -0.304. The maximum Gasteiger partial charge on any atom is 0.0564 e. The van der Waals surface area contributed by atoms with Crippen LogP contribution in [0.2, 0.25) is 0 Å². The fraction of sp³-hybridized carbons (Fsp3) is 1.00. The molecule has 2 N–H and O–H groups in total. The van der Waals surface area contributed by atoms with Gasteiger partial charge in [-0.15, -0.1) is 0 Å². The van der Waals surface area contributed by atoms with Gasteiger partial charge in [-0.1, -0.05) is 33.1 Å². The Labute approximate surface area is 75.6 Å². The van der Waals surface area contributed by atoms with Crippen molar-refractivity contribution in [3.05, 3.63) is 0 Å². The predicted molar refractivity (Wildman–Crippen MR) is 51.0 cm³/mol. The maximum atomic E-state index is 9.36. The van der Waals surface area contributed by atoms with Gasteiger partial charge >= 0.3 is 0 Å². The van der Waals surface area contributed by atoms with Crippen LogP contribution < -0.4 is 0 Å². The van der Waals surface area contributed by atoms with Gasteiger partial charge in [0.05, 0.1) is 6.10 Å². The molecule has 0 heterocycles. The minimum absolute atomic E-state index is 0.0989. The van der Waals surface area contributed by atoms with Crippen molar-refractivity contribution in [2.24, 2.45) is 5.92 Å². The largest absolute Gasteiger partial charge is 0.396 e. The molecule has 74 valence electrons. The minimum Gasteiger partial charge on any atom is -0.396 e. The molecule has 0 saturated carbocycles. The van der Waals surface area contributed by atoms with E-state index in [-0.39, 0.29) is 12.7 Å². The molecule has 0 radical (unpaired) electrons. The van der Waals surface area contributed by atoms with E-state index in [4.69, 9.17) is 5.11 Å². The highest BCUT2D eigenvalue weighted by molar-refractivity contribution is 4.61. The number of unbranched alkanes of at least 4 members (excludes halogenated alkanes) is 1. The topological polar surface area (TPSA) is 40.5 Å². The summed E-state index contributed by atoms with van der Waals surface area (Å²) in [5, 5.41) is 17.9. The number of aliphatic hydroxyl groups excluding tert-OH is 2. The van der Waals surface area contributed by atoms with E-state index < -0.39 is 0 Å². The van der Waals surface area contributed by atoms with E-state index in [1.165, 1.54) is 19.3 Å². The Bertz CT molecular complexity index is 93.8. The number of hydrogen-bond donors (Lipinski definition) is 2. The molecule has 2 atom stereocenters. The van der Waals surface area contributed by atoms with E-state index in [9.17, 15) is 5.11 Å². The first-order valence-electron chi connectivity index (χ1n) is 4.99. The molecule has 0 aliphatic carbocycles. The summed E-state index contributed by atoms with van der Waals surface area (Å²) in [6.07, 6.45) is 4.71. The van der Waals surface area contributed by atoms with Gasteiger partial charge in [0.2, 0.25) is 0 Å². The summed E-state index contributed by atoms with van der Waals surface area (Å²) in [6, 6.07) is 0. The van der Waals surface area contributed by atoms with Gasteiger partial charge in [-0.2, -0.15) is 0 Å². The summed E-state index contributed by atoms with van der Waals surface area (Å²) >= 11 is 0. The van der Waals surface area contributed by atoms with E-state index >= 15 is 0 Å². The van der Waals surface area contributed by atoms with Crippen LogP contribution in [0.5, 0.6) is 0 Å². The average Bonchev–Trinajstić information content (AvgIpc) is 2.01. The summed E-state index contributed by atoms with van der Waals surface area (Å²) in [5.74, 6) is 0.589. The van der Waals surface area contributed by atoms with Crippen molar-refractivity contribution in [3.63, 3.8) is 0 Å². The normalized spacial score (nSPS) is 16.0. The van der Waals surface area contributed by atoms with E-state index in [0.717, 1.165) is 6.42 Å². The summed E-state index contributed by atoms with van der Waals surface area (Å²) in [6.45, 7) is 4.44. The van der Waals surface area contributed by atoms with Crippen molar-refractivity contribution in [2.45, 2.75) is 52.1 Å². The SMILES string of the molecule is CCCCC(C)CC(O)CCO. The van der Waals surface area contributed by atoms with Crippen LogP contribution in [0, 0.1) is 5.92 Å². The van der Waals surface area contributed by atoms with Crippen molar-refractivity contribution in [3.8, 4) is 0 Å². The zero-order valence-corrected chi connectivity index (χ0v) is 8.29. The molecule has 2 nitrogen and oxygen atoms in total. The highest BCUT2D eigenvalue weighted by atomic mass is 16.3. The second-order valence-electron chi connectivity index (χ2n) is 3.65. The molecule has 0 amide bonds. The molecular weight excluding hydrogens is 152 g/mol. The standard InChI is InChI=1S/C10H22O2/c1-3-4-5-9(2)8-10(12)6-7-11/h9-12H,3-8H2,1-2H3. The molecule has 2 heteroatoms. The molecule has 2 unspecified atom stereocenters. The Morgan fingerprint density at radius 1 is 1.25 bits per heavy atom. The second kappa shape index (κ2) is 7.56. The van der Waals surface area contributed by atoms with Gasteiger partial charge in [0.1, 0.15) is 0 Å². The fourth-order valence-corrected chi connectivity index (χ4v) is 1.40. The summed E-state index contributed by atoms with van der Waals surface area (Å²) in [7, 11) is 0. The van der Waals surface area contributed by atoms with Crippen LogP contribution in [-0.2, 0) is 0 Å². The lowest BCUT2D eigenvalue weighted by atomic mass is 9.96. The Kier molecular flexibility index (Phi) is 7.51. The molecule has 0 aromatic rings. The van der Waals surface area contributed by atoms with Crippen LogP contribution in [0.1, 0.15) is 46.0 Å². The summed E-state index contributed by atoms with van der Waals surface area (Å²) in [5.41, 5.74) is 0. The third kappa shape index (κ3) is 6.62.